The summed E-state index contributed by atoms with van der Waals surface area (Å²) in [5.41, 5.74) is 2.41. The second-order valence-electron chi connectivity index (χ2n) is 7.75. The fourth-order valence-electron chi connectivity index (χ4n) is 4.20. The number of nitrogens with zero attached hydrogens (tertiary/aromatic N) is 1. The third-order valence-corrected chi connectivity index (χ3v) is 8.27. The summed E-state index contributed by atoms with van der Waals surface area (Å²) in [4.78, 5) is 15.4. The molecule has 3 aromatic carbocycles. The molecule has 0 saturated carbocycles. The first kappa shape index (κ1) is 21.6. The molecule has 4 rings (SSSR count). The lowest BCUT2D eigenvalue weighted by Crippen LogP contribution is -2.37. The fourth-order valence-corrected chi connectivity index (χ4v) is 6.35. The van der Waals surface area contributed by atoms with E-state index in [1.165, 1.54) is 0 Å². The predicted molar refractivity (Wildman–Crippen MR) is 124 cm³/mol. The van der Waals surface area contributed by atoms with E-state index in [-0.39, 0.29) is 18.2 Å². The van der Waals surface area contributed by atoms with E-state index in [4.69, 9.17) is 11.6 Å². The minimum absolute atomic E-state index is 0.0765. The fraction of sp³-hybridized carbons (Fsp3) is 0.240. The summed E-state index contributed by atoms with van der Waals surface area (Å²) in [6.45, 7) is 0.544. The number of halogens is 1. The molecule has 1 atom stereocenters. The Balaban J connectivity index is 1.64. The van der Waals surface area contributed by atoms with Gasteiger partial charge in [0, 0.05) is 18.1 Å². The first-order valence-electron chi connectivity index (χ1n) is 10.3. The molecule has 31 heavy (non-hydrogen) atoms. The lowest BCUT2D eigenvalue weighted by atomic mass is 9.90. The zero-order valence-electron chi connectivity index (χ0n) is 17.0. The largest absolute Gasteiger partial charge is 0.341 e. The van der Waals surface area contributed by atoms with Crippen molar-refractivity contribution in [2.75, 3.05) is 18.8 Å². The third kappa shape index (κ3) is 4.68. The van der Waals surface area contributed by atoms with E-state index < -0.39 is 21.0 Å². The van der Waals surface area contributed by atoms with E-state index in [1.807, 2.05) is 60.7 Å². The van der Waals surface area contributed by atoms with Gasteiger partial charge in [-0.25, -0.2) is 8.42 Å². The molecule has 6 heteroatoms. The maximum Gasteiger partial charge on any atom is 0.234 e. The quantitative estimate of drug-likeness (QED) is 0.566. The van der Waals surface area contributed by atoms with Gasteiger partial charge in [0.15, 0.2) is 9.84 Å². The number of carbonyl (C=O) groups excluding carboxylic acids is 1. The third-order valence-electron chi connectivity index (χ3n) is 5.82. The van der Waals surface area contributed by atoms with Crippen LogP contribution in [0.25, 0.3) is 0 Å². The highest BCUT2D eigenvalue weighted by molar-refractivity contribution is 7.91. The van der Waals surface area contributed by atoms with Crippen molar-refractivity contribution < 1.29 is 13.2 Å². The van der Waals surface area contributed by atoms with Gasteiger partial charge in [0.25, 0.3) is 0 Å². The maximum absolute atomic E-state index is 13.7. The van der Waals surface area contributed by atoms with Gasteiger partial charge in [0.1, 0.15) is 0 Å². The molecule has 1 amide bonds. The molecule has 0 bridgehead atoms. The van der Waals surface area contributed by atoms with Crippen molar-refractivity contribution in [1.82, 2.24) is 4.90 Å². The monoisotopic (exact) mass is 453 g/mol. The SMILES string of the molecule is O=C(C(c1ccccc1)c1ccccc1)N1CCC(c2ccccc2Cl)S(=O)(=O)CC1. The van der Waals surface area contributed by atoms with Crippen LogP contribution >= 0.6 is 11.6 Å². The molecular weight excluding hydrogens is 430 g/mol. The maximum atomic E-state index is 13.7. The molecule has 1 unspecified atom stereocenters. The Morgan fingerprint density at radius 1 is 0.839 bits per heavy atom. The summed E-state index contributed by atoms with van der Waals surface area (Å²) in [7, 11) is -3.44. The van der Waals surface area contributed by atoms with Crippen molar-refractivity contribution in [3.63, 3.8) is 0 Å². The minimum Gasteiger partial charge on any atom is -0.341 e. The van der Waals surface area contributed by atoms with Gasteiger partial charge in [-0.2, -0.15) is 0 Å². The number of hydrogen-bond acceptors (Lipinski definition) is 3. The van der Waals surface area contributed by atoms with Crippen LogP contribution in [0.5, 0.6) is 0 Å². The Morgan fingerprint density at radius 2 is 1.39 bits per heavy atom. The number of benzene rings is 3. The molecule has 3 aromatic rings. The van der Waals surface area contributed by atoms with Crippen molar-refractivity contribution >= 4 is 27.3 Å². The molecule has 0 radical (unpaired) electrons. The van der Waals surface area contributed by atoms with Crippen LogP contribution in [0.1, 0.15) is 34.3 Å². The lowest BCUT2D eigenvalue weighted by molar-refractivity contribution is -0.131. The lowest BCUT2D eigenvalue weighted by Gasteiger charge is -2.26. The Kier molecular flexibility index (Phi) is 6.44. The number of rotatable bonds is 4. The first-order chi connectivity index (χ1) is 15.0. The van der Waals surface area contributed by atoms with Crippen molar-refractivity contribution in [2.24, 2.45) is 0 Å². The van der Waals surface area contributed by atoms with Crippen molar-refractivity contribution in [2.45, 2.75) is 17.6 Å². The van der Waals surface area contributed by atoms with Gasteiger partial charge in [-0.1, -0.05) is 90.5 Å². The minimum atomic E-state index is -3.44. The highest BCUT2D eigenvalue weighted by Gasteiger charge is 2.36. The van der Waals surface area contributed by atoms with Crippen LogP contribution in [0.3, 0.4) is 0 Å². The first-order valence-corrected chi connectivity index (χ1v) is 12.4. The predicted octanol–water partition coefficient (Wildman–Crippen LogP) is 4.86. The molecule has 1 aliphatic rings. The van der Waals surface area contributed by atoms with Crippen LogP contribution < -0.4 is 0 Å². The molecule has 0 aliphatic carbocycles. The Bertz CT molecular complexity index is 1110. The van der Waals surface area contributed by atoms with Crippen LogP contribution in [-0.2, 0) is 14.6 Å². The summed E-state index contributed by atoms with van der Waals surface area (Å²) >= 11 is 6.30. The van der Waals surface area contributed by atoms with Gasteiger partial charge >= 0.3 is 0 Å². The second-order valence-corrected chi connectivity index (χ2v) is 10.5. The molecule has 1 fully saturated rings. The van der Waals surface area contributed by atoms with Crippen LogP contribution in [0, 0.1) is 0 Å². The smallest absolute Gasteiger partial charge is 0.234 e. The van der Waals surface area contributed by atoms with E-state index in [9.17, 15) is 13.2 Å². The highest BCUT2D eigenvalue weighted by Crippen LogP contribution is 2.35. The molecule has 1 saturated heterocycles. The molecule has 0 spiro atoms. The van der Waals surface area contributed by atoms with Gasteiger partial charge in [0.05, 0.1) is 16.9 Å². The van der Waals surface area contributed by atoms with Crippen LogP contribution in [0.15, 0.2) is 84.9 Å². The summed E-state index contributed by atoms with van der Waals surface area (Å²) in [6, 6.07) is 26.3. The number of sulfone groups is 1. The van der Waals surface area contributed by atoms with E-state index in [1.54, 1.807) is 29.2 Å². The van der Waals surface area contributed by atoms with Gasteiger partial charge in [0.2, 0.25) is 5.91 Å². The van der Waals surface area contributed by atoms with Gasteiger partial charge in [-0.15, -0.1) is 0 Å². The van der Waals surface area contributed by atoms with Crippen LogP contribution in [0.4, 0.5) is 0 Å². The molecule has 160 valence electrons. The van der Waals surface area contributed by atoms with Crippen molar-refractivity contribution in [3.05, 3.63) is 107 Å². The average molecular weight is 454 g/mol. The molecule has 1 aliphatic heterocycles. The van der Waals surface area contributed by atoms with Crippen molar-refractivity contribution in [3.8, 4) is 0 Å². The zero-order chi connectivity index (χ0) is 21.8. The molecule has 1 heterocycles. The van der Waals surface area contributed by atoms with E-state index in [0.29, 0.717) is 23.6 Å². The summed E-state index contributed by atoms with van der Waals surface area (Å²) in [5, 5.41) is -0.256. The Labute approximate surface area is 188 Å². The van der Waals surface area contributed by atoms with Gasteiger partial charge < -0.3 is 4.90 Å². The summed E-state index contributed by atoms with van der Waals surface area (Å²) in [5.74, 6) is -0.625. The van der Waals surface area contributed by atoms with E-state index >= 15 is 0 Å². The zero-order valence-corrected chi connectivity index (χ0v) is 18.6. The van der Waals surface area contributed by atoms with Crippen LogP contribution in [-0.4, -0.2) is 38.1 Å². The van der Waals surface area contributed by atoms with Gasteiger partial charge in [-0.3, -0.25) is 4.79 Å². The number of carbonyl (C=O) groups is 1. The van der Waals surface area contributed by atoms with E-state index in [2.05, 4.69) is 0 Å². The van der Waals surface area contributed by atoms with E-state index in [0.717, 1.165) is 11.1 Å². The number of amides is 1. The summed E-state index contributed by atoms with van der Waals surface area (Å²) in [6.07, 6.45) is 0.327. The highest BCUT2D eigenvalue weighted by atomic mass is 35.5. The molecule has 0 aromatic heterocycles. The normalized spacial score (nSPS) is 18.5. The summed E-state index contributed by atoms with van der Waals surface area (Å²) < 4.78 is 26.1. The average Bonchev–Trinajstić information content (AvgIpc) is 2.94. The van der Waals surface area contributed by atoms with Gasteiger partial charge in [-0.05, 0) is 29.2 Å². The van der Waals surface area contributed by atoms with Crippen molar-refractivity contribution in [1.29, 1.82) is 0 Å². The Hall–Kier alpha value is -2.63. The molecular formula is C25H24ClNO3S. The molecule has 0 N–H and O–H groups in total. The Morgan fingerprint density at radius 3 is 1.97 bits per heavy atom. The standard InChI is InChI=1S/C25H24ClNO3S/c26-22-14-8-7-13-21(22)23-15-16-27(17-18-31(23,29)30)25(28)24(19-9-3-1-4-10-19)20-11-5-2-6-12-20/h1-14,23-24H,15-18H2. The van der Waals surface area contributed by atoms with Crippen LogP contribution in [0.2, 0.25) is 5.02 Å². The topological polar surface area (TPSA) is 54.5 Å². The number of hydrogen-bond donors (Lipinski definition) is 0. The molecule has 4 nitrogen and oxygen atoms in total. The second kappa shape index (κ2) is 9.25.